The fourth-order valence-electron chi connectivity index (χ4n) is 2.02. The number of aliphatic hydroxyl groups is 1. The van der Waals surface area contributed by atoms with Crippen molar-refractivity contribution in [3.05, 3.63) is 0 Å². The van der Waals surface area contributed by atoms with E-state index in [-0.39, 0.29) is 6.10 Å². The number of aliphatic hydroxyl groups excluding tert-OH is 1. The molecule has 0 heterocycles. The Morgan fingerprint density at radius 3 is 2.36 bits per heavy atom. The second-order valence-corrected chi connectivity index (χ2v) is 4.14. The van der Waals surface area contributed by atoms with Crippen LogP contribution in [0.1, 0.15) is 19.8 Å². The Morgan fingerprint density at radius 1 is 1.36 bits per heavy atom. The molecule has 1 aliphatic rings. The van der Waals surface area contributed by atoms with Crippen molar-refractivity contribution in [2.24, 2.45) is 11.8 Å². The minimum absolute atomic E-state index is 0.0417. The van der Waals surface area contributed by atoms with Crippen molar-refractivity contribution in [3.8, 4) is 0 Å². The first-order valence-electron chi connectivity index (χ1n) is 4.42. The lowest BCUT2D eigenvalue weighted by Crippen LogP contribution is -2.20. The molecule has 0 aromatic rings. The van der Waals surface area contributed by atoms with Crippen LogP contribution < -0.4 is 0 Å². The zero-order valence-electron chi connectivity index (χ0n) is 7.75. The highest BCUT2D eigenvalue weighted by Crippen LogP contribution is 2.30. The average Bonchev–Trinajstić information content (AvgIpc) is 2.10. The van der Waals surface area contributed by atoms with Gasteiger partial charge in [0.05, 0.1) is 6.10 Å². The predicted molar refractivity (Wildman–Crippen MR) is 46.4 cm³/mol. The van der Waals surface area contributed by atoms with Gasteiger partial charge in [0.15, 0.2) is 0 Å². The summed E-state index contributed by atoms with van der Waals surface area (Å²) >= 11 is 0. The van der Waals surface area contributed by atoms with Crippen LogP contribution in [0.25, 0.3) is 0 Å². The lowest BCUT2D eigenvalue weighted by molar-refractivity contribution is 0.138. The lowest BCUT2D eigenvalue weighted by Gasteiger charge is -2.14. The predicted octanol–water partition coefficient (Wildman–Crippen LogP) is 0.955. The van der Waals surface area contributed by atoms with Gasteiger partial charge in [0.1, 0.15) is 0 Å². The minimum atomic E-state index is -0.0417. The summed E-state index contributed by atoms with van der Waals surface area (Å²) in [6.07, 6.45) is 2.15. The summed E-state index contributed by atoms with van der Waals surface area (Å²) in [7, 11) is 4.19. The van der Waals surface area contributed by atoms with Crippen LogP contribution in [-0.2, 0) is 0 Å². The molecule has 3 atom stereocenters. The van der Waals surface area contributed by atoms with Crippen LogP contribution in [0.2, 0.25) is 0 Å². The Labute approximate surface area is 69.2 Å². The van der Waals surface area contributed by atoms with Crippen molar-refractivity contribution in [1.29, 1.82) is 0 Å². The van der Waals surface area contributed by atoms with Gasteiger partial charge in [-0.15, -0.1) is 0 Å². The van der Waals surface area contributed by atoms with Crippen LogP contribution in [0.15, 0.2) is 0 Å². The summed E-state index contributed by atoms with van der Waals surface area (Å²) in [5, 5.41) is 9.46. The molecule has 0 aromatic carbocycles. The number of nitrogens with zero attached hydrogens (tertiary/aromatic N) is 1. The van der Waals surface area contributed by atoms with Crippen LogP contribution in [0.5, 0.6) is 0 Å². The molecule has 0 amide bonds. The van der Waals surface area contributed by atoms with Gasteiger partial charge in [-0.05, 0) is 38.8 Å². The van der Waals surface area contributed by atoms with Crippen molar-refractivity contribution >= 4 is 0 Å². The summed E-state index contributed by atoms with van der Waals surface area (Å²) in [5.41, 5.74) is 0. The van der Waals surface area contributed by atoms with Gasteiger partial charge in [-0.2, -0.15) is 0 Å². The second-order valence-electron chi connectivity index (χ2n) is 4.14. The van der Waals surface area contributed by atoms with Gasteiger partial charge in [-0.1, -0.05) is 6.92 Å². The normalized spacial score (nSPS) is 38.5. The third kappa shape index (κ3) is 2.46. The highest BCUT2D eigenvalue weighted by molar-refractivity contribution is 4.81. The van der Waals surface area contributed by atoms with Gasteiger partial charge in [0.25, 0.3) is 0 Å². The van der Waals surface area contributed by atoms with E-state index in [2.05, 4.69) is 25.9 Å². The first-order chi connectivity index (χ1) is 5.09. The SMILES string of the molecule is C[C@H]1C[C@H](CN(C)C)C[C@H]1O. The summed E-state index contributed by atoms with van der Waals surface area (Å²) in [6.45, 7) is 3.27. The molecule has 1 rings (SSSR count). The largest absolute Gasteiger partial charge is 0.393 e. The van der Waals surface area contributed by atoms with E-state index in [1.807, 2.05) is 0 Å². The Kier molecular flexibility index (Phi) is 2.90. The number of hydrogen-bond acceptors (Lipinski definition) is 2. The van der Waals surface area contributed by atoms with Crippen molar-refractivity contribution in [1.82, 2.24) is 4.90 Å². The Hall–Kier alpha value is -0.0800. The molecule has 66 valence electrons. The van der Waals surface area contributed by atoms with E-state index in [9.17, 15) is 5.11 Å². The molecule has 11 heavy (non-hydrogen) atoms. The fourth-order valence-corrected chi connectivity index (χ4v) is 2.02. The molecule has 0 unspecified atom stereocenters. The monoisotopic (exact) mass is 157 g/mol. The molecular formula is C9H19NO. The highest BCUT2D eigenvalue weighted by Gasteiger charge is 2.29. The summed E-state index contributed by atoms with van der Waals surface area (Å²) in [5.74, 6) is 1.23. The van der Waals surface area contributed by atoms with E-state index in [0.29, 0.717) is 5.92 Å². The molecule has 0 spiro atoms. The summed E-state index contributed by atoms with van der Waals surface area (Å²) < 4.78 is 0. The quantitative estimate of drug-likeness (QED) is 0.645. The maximum Gasteiger partial charge on any atom is 0.0569 e. The maximum absolute atomic E-state index is 9.46. The lowest BCUT2D eigenvalue weighted by atomic mass is 10.1. The van der Waals surface area contributed by atoms with E-state index >= 15 is 0 Å². The van der Waals surface area contributed by atoms with Crippen molar-refractivity contribution in [2.75, 3.05) is 20.6 Å². The smallest absolute Gasteiger partial charge is 0.0569 e. The van der Waals surface area contributed by atoms with Crippen molar-refractivity contribution in [2.45, 2.75) is 25.9 Å². The topological polar surface area (TPSA) is 23.5 Å². The van der Waals surface area contributed by atoms with Crippen molar-refractivity contribution in [3.63, 3.8) is 0 Å². The van der Waals surface area contributed by atoms with Crippen LogP contribution in [-0.4, -0.2) is 36.8 Å². The Balaban J connectivity index is 2.29. The first kappa shape index (κ1) is 9.01. The van der Waals surface area contributed by atoms with Crippen LogP contribution in [0.4, 0.5) is 0 Å². The molecule has 2 heteroatoms. The van der Waals surface area contributed by atoms with Crippen molar-refractivity contribution < 1.29 is 5.11 Å². The van der Waals surface area contributed by atoms with Crippen LogP contribution >= 0.6 is 0 Å². The van der Waals surface area contributed by atoms with E-state index < -0.39 is 0 Å². The molecule has 1 fully saturated rings. The van der Waals surface area contributed by atoms with Gasteiger partial charge in [-0.3, -0.25) is 0 Å². The highest BCUT2D eigenvalue weighted by atomic mass is 16.3. The van der Waals surface area contributed by atoms with Gasteiger partial charge in [0.2, 0.25) is 0 Å². The average molecular weight is 157 g/mol. The zero-order chi connectivity index (χ0) is 8.43. The molecule has 1 saturated carbocycles. The van der Waals surface area contributed by atoms with Gasteiger partial charge in [0, 0.05) is 6.54 Å². The van der Waals surface area contributed by atoms with Crippen LogP contribution in [0, 0.1) is 11.8 Å². The van der Waals surface area contributed by atoms with Crippen LogP contribution in [0.3, 0.4) is 0 Å². The summed E-state index contributed by atoms with van der Waals surface area (Å²) in [6, 6.07) is 0. The number of hydrogen-bond donors (Lipinski definition) is 1. The number of rotatable bonds is 2. The third-order valence-electron chi connectivity index (χ3n) is 2.56. The van der Waals surface area contributed by atoms with E-state index in [0.717, 1.165) is 18.9 Å². The molecule has 0 aliphatic heterocycles. The fraction of sp³-hybridized carbons (Fsp3) is 1.00. The molecular weight excluding hydrogens is 138 g/mol. The summed E-state index contributed by atoms with van der Waals surface area (Å²) in [4.78, 5) is 2.20. The molecule has 0 bridgehead atoms. The standard InChI is InChI=1S/C9H19NO/c1-7-4-8(5-9(7)11)6-10(2)3/h7-9,11H,4-6H2,1-3H3/t7-,8-,9+/m0/s1. The molecule has 0 saturated heterocycles. The Morgan fingerprint density at radius 2 is 2.00 bits per heavy atom. The Bertz CT molecular complexity index is 112. The second kappa shape index (κ2) is 3.55. The molecule has 1 N–H and O–H groups in total. The van der Waals surface area contributed by atoms with E-state index in [1.54, 1.807) is 0 Å². The minimum Gasteiger partial charge on any atom is -0.393 e. The van der Waals surface area contributed by atoms with Gasteiger partial charge < -0.3 is 10.0 Å². The molecule has 0 aromatic heterocycles. The third-order valence-corrected chi connectivity index (χ3v) is 2.56. The molecule has 0 radical (unpaired) electrons. The first-order valence-corrected chi connectivity index (χ1v) is 4.42. The van der Waals surface area contributed by atoms with Gasteiger partial charge in [-0.25, -0.2) is 0 Å². The maximum atomic E-state index is 9.46. The molecule has 2 nitrogen and oxygen atoms in total. The van der Waals surface area contributed by atoms with E-state index in [1.165, 1.54) is 6.42 Å². The molecule has 1 aliphatic carbocycles. The van der Waals surface area contributed by atoms with E-state index in [4.69, 9.17) is 0 Å². The van der Waals surface area contributed by atoms with Gasteiger partial charge >= 0.3 is 0 Å². The zero-order valence-corrected chi connectivity index (χ0v) is 7.75.